The molecule has 0 unspecified atom stereocenters. The van der Waals surface area contributed by atoms with Crippen molar-refractivity contribution in [3.05, 3.63) is 29.3 Å². The minimum atomic E-state index is -0.677. The highest BCUT2D eigenvalue weighted by Crippen LogP contribution is 2.35. The van der Waals surface area contributed by atoms with E-state index in [9.17, 15) is 8.78 Å². The van der Waals surface area contributed by atoms with Gasteiger partial charge in [-0.15, -0.1) is 0 Å². The van der Waals surface area contributed by atoms with Gasteiger partial charge in [0.15, 0.2) is 0 Å². The summed E-state index contributed by atoms with van der Waals surface area (Å²) in [5, 5.41) is 17.5. The topological polar surface area (TPSA) is 47.3 Å². The van der Waals surface area contributed by atoms with Crippen LogP contribution in [0.4, 0.5) is 14.5 Å². The summed E-state index contributed by atoms with van der Waals surface area (Å²) in [7, 11) is 0. The Balaban J connectivity index is 2.32. The van der Waals surface area contributed by atoms with E-state index in [2.05, 4.69) is 0 Å². The van der Waals surface area contributed by atoms with Crippen LogP contribution in [0.3, 0.4) is 0 Å². The molecule has 0 amide bonds. The molecular formula is C13H14F2N2O. The van der Waals surface area contributed by atoms with Crippen molar-refractivity contribution in [3.8, 4) is 6.07 Å². The quantitative estimate of drug-likeness (QED) is 0.875. The minimum absolute atomic E-state index is 0.0787. The number of nitrogens with zero attached hydrogens (tertiary/aromatic N) is 2. The molecule has 1 aliphatic carbocycles. The van der Waals surface area contributed by atoms with Crippen molar-refractivity contribution in [3.63, 3.8) is 0 Å². The largest absolute Gasteiger partial charge is 0.392 e. The van der Waals surface area contributed by atoms with Crippen LogP contribution in [0.15, 0.2) is 12.1 Å². The molecule has 0 atom stereocenters. The fourth-order valence-electron chi connectivity index (χ4n) is 2.02. The first-order valence-corrected chi connectivity index (χ1v) is 5.89. The number of anilines is 1. The maximum absolute atomic E-state index is 13.9. The van der Waals surface area contributed by atoms with Crippen molar-refractivity contribution < 1.29 is 13.9 Å². The molecule has 1 aromatic rings. The number of nitriles is 1. The van der Waals surface area contributed by atoms with Gasteiger partial charge in [-0.2, -0.15) is 5.26 Å². The van der Waals surface area contributed by atoms with E-state index < -0.39 is 18.2 Å². The first kappa shape index (κ1) is 12.8. The second-order valence-electron chi connectivity index (χ2n) is 4.40. The molecule has 1 aliphatic rings. The van der Waals surface area contributed by atoms with Crippen molar-refractivity contribution in [2.75, 3.05) is 11.4 Å². The third kappa shape index (κ3) is 2.59. The molecule has 1 N–H and O–H groups in total. The van der Waals surface area contributed by atoms with Gasteiger partial charge in [0.25, 0.3) is 0 Å². The van der Waals surface area contributed by atoms with E-state index in [0.717, 1.165) is 25.0 Å². The molecule has 1 saturated carbocycles. The highest BCUT2D eigenvalue weighted by atomic mass is 19.1. The highest BCUT2D eigenvalue weighted by molar-refractivity contribution is 5.52. The van der Waals surface area contributed by atoms with E-state index in [-0.39, 0.29) is 23.7 Å². The molecule has 0 heterocycles. The van der Waals surface area contributed by atoms with Gasteiger partial charge in [-0.25, -0.2) is 8.78 Å². The SMILES string of the molecule is N#CCCN(c1c(F)cc(CO)cc1F)C1CC1. The van der Waals surface area contributed by atoms with Crippen LogP contribution >= 0.6 is 0 Å². The summed E-state index contributed by atoms with van der Waals surface area (Å²) in [6.45, 7) is -0.0662. The molecule has 2 rings (SSSR count). The number of hydrogen-bond donors (Lipinski definition) is 1. The summed E-state index contributed by atoms with van der Waals surface area (Å²) in [5.41, 5.74) is 0.134. The molecule has 0 aromatic heterocycles. The number of hydrogen-bond acceptors (Lipinski definition) is 3. The summed E-state index contributed by atoms with van der Waals surface area (Å²) in [6, 6.07) is 4.39. The predicted octanol–water partition coefficient (Wildman–Crippen LogP) is 2.34. The fraction of sp³-hybridized carbons (Fsp3) is 0.462. The van der Waals surface area contributed by atoms with Gasteiger partial charge in [0, 0.05) is 12.6 Å². The van der Waals surface area contributed by atoms with E-state index in [1.807, 2.05) is 6.07 Å². The molecule has 0 radical (unpaired) electrons. The molecule has 3 nitrogen and oxygen atoms in total. The molecule has 0 spiro atoms. The normalized spacial score (nSPS) is 14.3. The van der Waals surface area contributed by atoms with Crippen LogP contribution in [0.2, 0.25) is 0 Å². The molecule has 0 saturated heterocycles. The Labute approximate surface area is 104 Å². The lowest BCUT2D eigenvalue weighted by Crippen LogP contribution is -2.28. The second kappa shape index (κ2) is 5.32. The van der Waals surface area contributed by atoms with Crippen LogP contribution in [-0.4, -0.2) is 17.7 Å². The lowest BCUT2D eigenvalue weighted by atomic mass is 10.1. The van der Waals surface area contributed by atoms with Crippen LogP contribution in [0.1, 0.15) is 24.8 Å². The average molecular weight is 252 g/mol. The Hall–Kier alpha value is -1.67. The van der Waals surface area contributed by atoms with E-state index in [4.69, 9.17) is 10.4 Å². The van der Waals surface area contributed by atoms with Gasteiger partial charge < -0.3 is 10.0 Å². The van der Waals surface area contributed by atoms with E-state index in [1.54, 1.807) is 4.90 Å². The Morgan fingerprint density at radius 1 is 1.33 bits per heavy atom. The van der Waals surface area contributed by atoms with Crippen LogP contribution in [0, 0.1) is 23.0 Å². The number of aliphatic hydroxyl groups is 1. The Morgan fingerprint density at radius 3 is 2.39 bits per heavy atom. The molecule has 96 valence electrons. The third-order valence-electron chi connectivity index (χ3n) is 3.00. The molecule has 18 heavy (non-hydrogen) atoms. The maximum atomic E-state index is 13.9. The summed E-state index contributed by atoms with van der Waals surface area (Å²) in [5.74, 6) is -1.35. The Bertz CT molecular complexity index is 457. The minimum Gasteiger partial charge on any atom is -0.392 e. The zero-order valence-corrected chi connectivity index (χ0v) is 9.87. The van der Waals surface area contributed by atoms with Crippen molar-refractivity contribution >= 4 is 5.69 Å². The van der Waals surface area contributed by atoms with Crippen molar-refractivity contribution in [2.24, 2.45) is 0 Å². The van der Waals surface area contributed by atoms with Gasteiger partial charge >= 0.3 is 0 Å². The van der Waals surface area contributed by atoms with Gasteiger partial charge in [0.05, 0.1) is 19.1 Å². The molecule has 0 aliphatic heterocycles. The second-order valence-corrected chi connectivity index (χ2v) is 4.40. The van der Waals surface area contributed by atoms with Gasteiger partial charge in [0.2, 0.25) is 0 Å². The standard InChI is InChI=1S/C13H14F2N2O/c14-11-6-9(8-18)7-12(15)13(11)17(5-1-4-16)10-2-3-10/h6-7,10,18H,1-3,5,8H2. The molecule has 1 aromatic carbocycles. The maximum Gasteiger partial charge on any atom is 0.149 e. The van der Waals surface area contributed by atoms with Crippen molar-refractivity contribution in [1.29, 1.82) is 5.26 Å². The molecule has 5 heteroatoms. The summed E-state index contributed by atoms with van der Waals surface area (Å²) in [4.78, 5) is 1.62. The lowest BCUT2D eigenvalue weighted by molar-refractivity contribution is 0.280. The Kier molecular flexibility index (Phi) is 3.78. The summed E-state index contributed by atoms with van der Waals surface area (Å²) in [6.07, 6.45) is 2.02. The smallest absolute Gasteiger partial charge is 0.149 e. The van der Waals surface area contributed by atoms with Gasteiger partial charge in [-0.1, -0.05) is 0 Å². The monoisotopic (exact) mass is 252 g/mol. The lowest BCUT2D eigenvalue weighted by Gasteiger charge is -2.24. The predicted molar refractivity (Wildman–Crippen MR) is 62.9 cm³/mol. The van der Waals surface area contributed by atoms with E-state index in [0.29, 0.717) is 6.54 Å². The molecular weight excluding hydrogens is 238 g/mol. The highest BCUT2D eigenvalue weighted by Gasteiger charge is 2.32. The Morgan fingerprint density at radius 2 is 1.94 bits per heavy atom. The van der Waals surface area contributed by atoms with Gasteiger partial charge in [-0.3, -0.25) is 0 Å². The van der Waals surface area contributed by atoms with Gasteiger partial charge in [0.1, 0.15) is 17.3 Å². The number of halogens is 2. The van der Waals surface area contributed by atoms with E-state index in [1.165, 1.54) is 0 Å². The van der Waals surface area contributed by atoms with Crippen LogP contribution < -0.4 is 4.90 Å². The molecule has 1 fully saturated rings. The first-order valence-electron chi connectivity index (χ1n) is 5.89. The van der Waals surface area contributed by atoms with Crippen LogP contribution in [0.5, 0.6) is 0 Å². The van der Waals surface area contributed by atoms with Crippen LogP contribution in [0.25, 0.3) is 0 Å². The first-order chi connectivity index (χ1) is 8.67. The zero-order valence-electron chi connectivity index (χ0n) is 9.87. The summed E-state index contributed by atoms with van der Waals surface area (Å²) >= 11 is 0. The van der Waals surface area contributed by atoms with Crippen molar-refractivity contribution in [1.82, 2.24) is 0 Å². The average Bonchev–Trinajstić information content (AvgIpc) is 3.16. The summed E-state index contributed by atoms with van der Waals surface area (Å²) < 4.78 is 27.8. The van der Waals surface area contributed by atoms with Crippen molar-refractivity contribution in [2.45, 2.75) is 31.9 Å². The van der Waals surface area contributed by atoms with E-state index >= 15 is 0 Å². The van der Waals surface area contributed by atoms with Crippen LogP contribution in [-0.2, 0) is 6.61 Å². The number of benzene rings is 1. The zero-order chi connectivity index (χ0) is 13.1. The van der Waals surface area contributed by atoms with Gasteiger partial charge in [-0.05, 0) is 30.5 Å². The number of aliphatic hydroxyl groups excluding tert-OH is 1. The molecule has 0 bridgehead atoms. The number of rotatable bonds is 5. The fourth-order valence-corrected chi connectivity index (χ4v) is 2.02. The third-order valence-corrected chi connectivity index (χ3v) is 3.00.